The average molecular weight is 192 g/mol. The molecule has 0 amide bonds. The fourth-order valence-electron chi connectivity index (χ4n) is 0.748. The van der Waals surface area contributed by atoms with Crippen LogP contribution in [-0.4, -0.2) is 25.8 Å². The van der Waals surface area contributed by atoms with Crippen molar-refractivity contribution in [2.24, 2.45) is 0 Å². The van der Waals surface area contributed by atoms with Crippen LogP contribution in [0, 0.1) is 0 Å². The second kappa shape index (κ2) is 7.59. The van der Waals surface area contributed by atoms with E-state index in [1.165, 1.54) is 0 Å². The van der Waals surface area contributed by atoms with Gasteiger partial charge in [0.05, 0.1) is 6.61 Å². The van der Waals surface area contributed by atoms with Crippen molar-refractivity contribution in [3.63, 3.8) is 0 Å². The van der Waals surface area contributed by atoms with Crippen LogP contribution in [-0.2, 0) is 4.74 Å². The second-order valence-electron chi connectivity index (χ2n) is 3.03. The van der Waals surface area contributed by atoms with Crippen LogP contribution < -0.4 is 5.32 Å². The maximum atomic E-state index is 5.51. The molecule has 0 fully saturated rings. The smallest absolute Gasteiger partial charge is 0.0817 e. The number of rotatable bonds is 7. The molecular formula is C9H18ClNO. The quantitative estimate of drug-likeness (QED) is 0.623. The molecule has 0 aromatic rings. The summed E-state index contributed by atoms with van der Waals surface area (Å²) in [5, 5.41) is 3.86. The molecule has 0 aliphatic rings. The topological polar surface area (TPSA) is 21.3 Å². The van der Waals surface area contributed by atoms with E-state index < -0.39 is 0 Å². The van der Waals surface area contributed by atoms with E-state index in [0.717, 1.165) is 19.6 Å². The highest BCUT2D eigenvalue weighted by Gasteiger charge is 1.92. The summed E-state index contributed by atoms with van der Waals surface area (Å²) in [4.78, 5) is 0. The van der Waals surface area contributed by atoms with Gasteiger partial charge in [0.25, 0.3) is 0 Å². The molecule has 0 rings (SSSR count). The van der Waals surface area contributed by atoms with Crippen LogP contribution in [0.4, 0.5) is 0 Å². The standard InChI is InChI=1S/C9H18ClNO/c1-8(2)11-5-4-6-12-7-9(3)10/h8,11H,3-7H2,1-2H3. The first-order chi connectivity index (χ1) is 5.63. The maximum Gasteiger partial charge on any atom is 0.0817 e. The largest absolute Gasteiger partial charge is 0.376 e. The third-order valence-electron chi connectivity index (χ3n) is 1.28. The van der Waals surface area contributed by atoms with E-state index in [4.69, 9.17) is 16.3 Å². The third-order valence-corrected chi connectivity index (χ3v) is 1.39. The Balaban J connectivity index is 2.96. The summed E-state index contributed by atoms with van der Waals surface area (Å²) in [6.45, 7) is 9.97. The van der Waals surface area contributed by atoms with E-state index in [1.807, 2.05) is 0 Å². The van der Waals surface area contributed by atoms with Crippen molar-refractivity contribution in [2.75, 3.05) is 19.8 Å². The molecule has 0 atom stereocenters. The van der Waals surface area contributed by atoms with Gasteiger partial charge in [-0.2, -0.15) is 0 Å². The summed E-state index contributed by atoms with van der Waals surface area (Å²) < 4.78 is 5.21. The highest BCUT2D eigenvalue weighted by atomic mass is 35.5. The van der Waals surface area contributed by atoms with Crippen molar-refractivity contribution >= 4 is 11.6 Å². The van der Waals surface area contributed by atoms with Crippen molar-refractivity contribution in [3.05, 3.63) is 11.6 Å². The maximum absolute atomic E-state index is 5.51. The van der Waals surface area contributed by atoms with E-state index in [0.29, 0.717) is 17.7 Å². The Morgan fingerprint density at radius 3 is 2.75 bits per heavy atom. The van der Waals surface area contributed by atoms with E-state index in [1.54, 1.807) is 0 Å². The molecule has 0 aliphatic carbocycles. The number of hydrogen-bond acceptors (Lipinski definition) is 2. The molecule has 2 nitrogen and oxygen atoms in total. The monoisotopic (exact) mass is 191 g/mol. The zero-order chi connectivity index (χ0) is 9.40. The number of hydrogen-bond donors (Lipinski definition) is 1. The summed E-state index contributed by atoms with van der Waals surface area (Å²) in [6, 6.07) is 0.549. The molecule has 0 spiro atoms. The van der Waals surface area contributed by atoms with Crippen LogP contribution in [0.2, 0.25) is 0 Å². The molecule has 0 radical (unpaired) electrons. The Hall–Kier alpha value is -0.0500. The molecule has 1 N–H and O–H groups in total. The molecular weight excluding hydrogens is 174 g/mol. The van der Waals surface area contributed by atoms with E-state index in [9.17, 15) is 0 Å². The molecule has 72 valence electrons. The lowest BCUT2D eigenvalue weighted by molar-refractivity contribution is 0.156. The van der Waals surface area contributed by atoms with Gasteiger partial charge < -0.3 is 10.1 Å². The molecule has 0 aromatic heterocycles. The summed E-state index contributed by atoms with van der Waals surface area (Å²) >= 11 is 5.51. The minimum atomic E-state index is 0.462. The van der Waals surface area contributed by atoms with E-state index in [2.05, 4.69) is 25.7 Å². The first-order valence-corrected chi connectivity index (χ1v) is 4.65. The molecule has 0 bridgehead atoms. The van der Waals surface area contributed by atoms with Crippen molar-refractivity contribution < 1.29 is 4.74 Å². The van der Waals surface area contributed by atoms with Gasteiger partial charge in [-0.15, -0.1) is 0 Å². The van der Waals surface area contributed by atoms with Crippen molar-refractivity contribution in [2.45, 2.75) is 26.3 Å². The van der Waals surface area contributed by atoms with Gasteiger partial charge in [-0.3, -0.25) is 0 Å². The molecule has 3 heteroatoms. The lowest BCUT2D eigenvalue weighted by Crippen LogP contribution is -2.24. The van der Waals surface area contributed by atoms with Gasteiger partial charge >= 0.3 is 0 Å². The van der Waals surface area contributed by atoms with Gasteiger partial charge in [0.2, 0.25) is 0 Å². The van der Waals surface area contributed by atoms with Crippen molar-refractivity contribution in [1.82, 2.24) is 5.32 Å². The fourth-order valence-corrected chi connectivity index (χ4v) is 0.825. The van der Waals surface area contributed by atoms with Crippen LogP contribution in [0.3, 0.4) is 0 Å². The zero-order valence-electron chi connectivity index (χ0n) is 7.90. The summed E-state index contributed by atoms with van der Waals surface area (Å²) in [5.74, 6) is 0. The van der Waals surface area contributed by atoms with Gasteiger partial charge in [-0.05, 0) is 13.0 Å². The molecule has 0 aromatic carbocycles. The second-order valence-corrected chi connectivity index (χ2v) is 3.57. The highest BCUT2D eigenvalue weighted by Crippen LogP contribution is 1.96. The van der Waals surface area contributed by atoms with Crippen LogP contribution >= 0.6 is 11.6 Å². The molecule has 0 aliphatic heterocycles. The molecule has 0 saturated carbocycles. The van der Waals surface area contributed by atoms with Gasteiger partial charge in [0.1, 0.15) is 0 Å². The normalized spacial score (nSPS) is 10.7. The SMILES string of the molecule is C=C(Cl)COCCCNC(C)C. The molecule has 0 saturated heterocycles. The van der Waals surface area contributed by atoms with Crippen molar-refractivity contribution in [1.29, 1.82) is 0 Å². The number of halogens is 1. The zero-order valence-corrected chi connectivity index (χ0v) is 8.66. The number of nitrogens with one attached hydrogen (secondary N) is 1. The lowest BCUT2D eigenvalue weighted by Gasteiger charge is -2.07. The molecule has 0 unspecified atom stereocenters. The first kappa shape index (κ1) is 11.9. The van der Waals surface area contributed by atoms with Gasteiger partial charge in [-0.25, -0.2) is 0 Å². The Bertz CT molecular complexity index is 126. The van der Waals surface area contributed by atoms with Gasteiger partial charge in [0.15, 0.2) is 0 Å². The number of ether oxygens (including phenoxy) is 1. The summed E-state index contributed by atoms with van der Waals surface area (Å²) in [7, 11) is 0. The lowest BCUT2D eigenvalue weighted by atomic mass is 10.3. The fraction of sp³-hybridized carbons (Fsp3) is 0.778. The predicted octanol–water partition coefficient (Wildman–Crippen LogP) is 2.14. The Labute approximate surface area is 79.9 Å². The summed E-state index contributed by atoms with van der Waals surface area (Å²) in [5.41, 5.74) is 0. The molecule has 12 heavy (non-hydrogen) atoms. The van der Waals surface area contributed by atoms with E-state index >= 15 is 0 Å². The van der Waals surface area contributed by atoms with Crippen molar-refractivity contribution in [3.8, 4) is 0 Å². The Kier molecular flexibility index (Phi) is 7.56. The minimum Gasteiger partial charge on any atom is -0.376 e. The van der Waals surface area contributed by atoms with Gasteiger partial charge in [0, 0.05) is 17.7 Å². The van der Waals surface area contributed by atoms with Crippen LogP contribution in [0.5, 0.6) is 0 Å². The average Bonchev–Trinajstić information content (AvgIpc) is 1.95. The highest BCUT2D eigenvalue weighted by molar-refractivity contribution is 6.29. The van der Waals surface area contributed by atoms with Crippen LogP contribution in [0.1, 0.15) is 20.3 Å². The minimum absolute atomic E-state index is 0.462. The van der Waals surface area contributed by atoms with Crippen LogP contribution in [0.25, 0.3) is 0 Å². The Morgan fingerprint density at radius 2 is 2.25 bits per heavy atom. The third kappa shape index (κ3) is 9.95. The van der Waals surface area contributed by atoms with E-state index in [-0.39, 0.29) is 0 Å². The van der Waals surface area contributed by atoms with Crippen LogP contribution in [0.15, 0.2) is 11.6 Å². The Morgan fingerprint density at radius 1 is 1.58 bits per heavy atom. The van der Waals surface area contributed by atoms with Gasteiger partial charge in [-0.1, -0.05) is 32.0 Å². The summed E-state index contributed by atoms with van der Waals surface area (Å²) in [6.07, 6.45) is 1.02. The predicted molar refractivity (Wildman–Crippen MR) is 53.6 cm³/mol. The first-order valence-electron chi connectivity index (χ1n) is 4.27. The molecule has 0 heterocycles.